The van der Waals surface area contributed by atoms with E-state index >= 15 is 0 Å². The summed E-state index contributed by atoms with van der Waals surface area (Å²) in [6.45, 7) is 4.32. The van der Waals surface area contributed by atoms with Crippen LogP contribution in [0.1, 0.15) is 30.4 Å². The Hall–Kier alpha value is -2.60. The lowest BCUT2D eigenvalue weighted by Crippen LogP contribution is -2.32. The average molecular weight is 382 g/mol. The summed E-state index contributed by atoms with van der Waals surface area (Å²) in [7, 11) is 0. The highest BCUT2D eigenvalue weighted by Gasteiger charge is 2.28. The summed E-state index contributed by atoms with van der Waals surface area (Å²) < 4.78 is 0. The summed E-state index contributed by atoms with van der Waals surface area (Å²) in [4.78, 5) is 38.6. The van der Waals surface area contributed by atoms with Crippen LogP contribution in [0.2, 0.25) is 0 Å². The quantitative estimate of drug-likeness (QED) is 0.769. The first kappa shape index (κ1) is 19.2. The first-order chi connectivity index (χ1) is 12.9. The molecule has 1 aliphatic heterocycles. The Morgan fingerprint density at radius 2 is 1.70 bits per heavy atom. The van der Waals surface area contributed by atoms with Crippen LogP contribution in [-0.4, -0.2) is 29.2 Å². The van der Waals surface area contributed by atoms with Crippen molar-refractivity contribution in [2.45, 2.75) is 42.9 Å². The maximum Gasteiger partial charge on any atom is 0.229 e. The first-order valence-corrected chi connectivity index (χ1v) is 9.72. The van der Waals surface area contributed by atoms with Gasteiger partial charge in [0.05, 0.1) is 0 Å². The van der Waals surface area contributed by atoms with Gasteiger partial charge in [0, 0.05) is 41.3 Å². The molecule has 1 N–H and O–H groups in total. The molecule has 0 radical (unpaired) electrons. The molecule has 0 atom stereocenters. The monoisotopic (exact) mass is 382 g/mol. The Morgan fingerprint density at radius 3 is 2.33 bits per heavy atom. The number of likely N-dealkylation sites (tertiary alicyclic amines) is 1. The molecule has 1 saturated heterocycles. The van der Waals surface area contributed by atoms with Gasteiger partial charge in [-0.1, -0.05) is 29.5 Å². The van der Waals surface area contributed by atoms with E-state index in [9.17, 15) is 14.4 Å². The lowest BCUT2D eigenvalue weighted by atomic mass is 10.2. The summed E-state index contributed by atoms with van der Waals surface area (Å²) in [6.07, 6.45) is 0.608. The van der Waals surface area contributed by atoms with Crippen molar-refractivity contribution in [2.75, 3.05) is 11.9 Å². The molecule has 0 unspecified atom stereocenters. The smallest absolute Gasteiger partial charge is 0.229 e. The van der Waals surface area contributed by atoms with Gasteiger partial charge in [-0.2, -0.15) is 0 Å². The van der Waals surface area contributed by atoms with Gasteiger partial charge in [-0.05, 0) is 49.7 Å². The van der Waals surface area contributed by atoms with Gasteiger partial charge >= 0.3 is 0 Å². The lowest BCUT2D eigenvalue weighted by Gasteiger charge is -2.13. The molecule has 1 aliphatic rings. The summed E-state index contributed by atoms with van der Waals surface area (Å²) in [5, 5.41) is 2.81. The number of hydrogen-bond acceptors (Lipinski definition) is 4. The number of benzene rings is 2. The van der Waals surface area contributed by atoms with Crippen molar-refractivity contribution < 1.29 is 14.4 Å². The number of nitrogens with one attached hydrogen (secondary N) is 1. The Bertz CT molecular complexity index is 861. The predicted molar refractivity (Wildman–Crippen MR) is 106 cm³/mol. The van der Waals surface area contributed by atoms with Crippen LogP contribution in [0.5, 0.6) is 0 Å². The first-order valence-electron chi connectivity index (χ1n) is 8.90. The van der Waals surface area contributed by atoms with Crippen molar-refractivity contribution in [1.82, 2.24) is 4.90 Å². The molecular weight excluding hydrogens is 360 g/mol. The molecule has 0 aromatic heterocycles. The Labute approximate surface area is 163 Å². The third kappa shape index (κ3) is 4.98. The highest BCUT2D eigenvalue weighted by molar-refractivity contribution is 7.99. The fourth-order valence-corrected chi connectivity index (χ4v) is 3.84. The van der Waals surface area contributed by atoms with Gasteiger partial charge in [-0.25, -0.2) is 0 Å². The maximum atomic E-state index is 12.1. The molecule has 5 nitrogen and oxygen atoms in total. The third-order valence-electron chi connectivity index (χ3n) is 4.41. The van der Waals surface area contributed by atoms with Gasteiger partial charge in [0.15, 0.2) is 0 Å². The number of anilines is 1. The van der Waals surface area contributed by atoms with Crippen LogP contribution < -0.4 is 5.32 Å². The van der Waals surface area contributed by atoms with E-state index in [1.165, 1.54) is 20.9 Å². The van der Waals surface area contributed by atoms with E-state index in [4.69, 9.17) is 0 Å². The average Bonchev–Trinajstić information content (AvgIpc) is 2.95. The number of carbonyl (C=O) groups is 3. The van der Waals surface area contributed by atoms with E-state index < -0.39 is 0 Å². The minimum Gasteiger partial charge on any atom is -0.326 e. The van der Waals surface area contributed by atoms with Crippen LogP contribution >= 0.6 is 11.8 Å². The zero-order valence-electron chi connectivity index (χ0n) is 15.5. The molecule has 3 rings (SSSR count). The summed E-state index contributed by atoms with van der Waals surface area (Å²) >= 11 is 1.68. The van der Waals surface area contributed by atoms with Crippen LogP contribution in [0, 0.1) is 13.8 Å². The van der Waals surface area contributed by atoms with Gasteiger partial charge in [0.25, 0.3) is 0 Å². The van der Waals surface area contributed by atoms with Crippen LogP contribution in [0.4, 0.5) is 5.69 Å². The normalized spacial score (nSPS) is 13.9. The molecule has 2 aromatic carbocycles. The van der Waals surface area contributed by atoms with Crippen molar-refractivity contribution in [3.63, 3.8) is 0 Å². The number of hydrogen-bond donors (Lipinski definition) is 1. The molecule has 0 aliphatic carbocycles. The number of rotatable bonds is 6. The molecular formula is C21H22N2O3S. The second kappa shape index (κ2) is 8.39. The van der Waals surface area contributed by atoms with Crippen LogP contribution in [0.3, 0.4) is 0 Å². The highest BCUT2D eigenvalue weighted by Crippen LogP contribution is 2.31. The number of carbonyl (C=O) groups excluding carboxylic acids is 3. The van der Waals surface area contributed by atoms with Gasteiger partial charge < -0.3 is 5.32 Å². The summed E-state index contributed by atoms with van der Waals surface area (Å²) in [6, 6.07) is 14.0. The lowest BCUT2D eigenvalue weighted by molar-refractivity contribution is -0.138. The van der Waals surface area contributed by atoms with Crippen molar-refractivity contribution in [1.29, 1.82) is 0 Å². The summed E-state index contributed by atoms with van der Waals surface area (Å²) in [5.41, 5.74) is 3.18. The van der Waals surface area contributed by atoms with E-state index in [1.54, 1.807) is 11.8 Å². The van der Waals surface area contributed by atoms with Crippen LogP contribution in [0.25, 0.3) is 0 Å². The van der Waals surface area contributed by atoms with E-state index in [1.807, 2.05) is 24.3 Å². The SMILES string of the molecule is Cc1ccc(Sc2ccc(NC(=O)CCN3C(=O)CCC3=O)cc2)c(C)c1. The van der Waals surface area contributed by atoms with E-state index in [2.05, 4.69) is 37.4 Å². The molecule has 0 bridgehead atoms. The minimum atomic E-state index is -0.211. The maximum absolute atomic E-state index is 12.1. The molecule has 6 heteroatoms. The van der Waals surface area contributed by atoms with Gasteiger partial charge in [0.2, 0.25) is 17.7 Å². The number of amides is 3. The van der Waals surface area contributed by atoms with E-state index in [0.717, 1.165) is 4.90 Å². The largest absolute Gasteiger partial charge is 0.326 e. The molecule has 140 valence electrons. The van der Waals surface area contributed by atoms with Gasteiger partial charge in [0.1, 0.15) is 0 Å². The second-order valence-corrected chi connectivity index (χ2v) is 7.75. The molecule has 2 aromatic rings. The Morgan fingerprint density at radius 1 is 1.04 bits per heavy atom. The van der Waals surface area contributed by atoms with Crippen molar-refractivity contribution in [3.05, 3.63) is 53.6 Å². The number of imide groups is 1. The standard InChI is InChI=1S/C21H22N2O3S/c1-14-3-8-18(15(2)13-14)27-17-6-4-16(5-7-17)22-19(24)11-12-23-20(25)9-10-21(23)26/h3-8,13H,9-12H2,1-2H3,(H,22,24). The summed E-state index contributed by atoms with van der Waals surface area (Å²) in [5.74, 6) is -0.599. The van der Waals surface area contributed by atoms with Crippen LogP contribution in [0.15, 0.2) is 52.3 Å². The molecule has 3 amide bonds. The number of nitrogens with zero attached hydrogens (tertiary/aromatic N) is 1. The van der Waals surface area contributed by atoms with Crippen molar-refractivity contribution in [3.8, 4) is 0 Å². The van der Waals surface area contributed by atoms with Crippen molar-refractivity contribution >= 4 is 35.2 Å². The van der Waals surface area contributed by atoms with Gasteiger partial charge in [-0.3, -0.25) is 19.3 Å². The van der Waals surface area contributed by atoms with E-state index in [-0.39, 0.29) is 43.5 Å². The fraction of sp³-hybridized carbons (Fsp3) is 0.286. The molecule has 0 saturated carbocycles. The zero-order chi connectivity index (χ0) is 19.4. The Kier molecular flexibility index (Phi) is 5.96. The van der Waals surface area contributed by atoms with Crippen molar-refractivity contribution in [2.24, 2.45) is 0 Å². The molecule has 1 fully saturated rings. The Balaban J connectivity index is 1.53. The topological polar surface area (TPSA) is 66.5 Å². The number of aryl methyl sites for hydroxylation is 2. The predicted octanol–water partition coefficient (Wildman–Crippen LogP) is 3.93. The van der Waals surface area contributed by atoms with E-state index in [0.29, 0.717) is 5.69 Å². The second-order valence-electron chi connectivity index (χ2n) is 6.63. The third-order valence-corrected chi connectivity index (χ3v) is 5.60. The van der Waals surface area contributed by atoms with Gasteiger partial charge in [-0.15, -0.1) is 0 Å². The van der Waals surface area contributed by atoms with Crippen LogP contribution in [-0.2, 0) is 14.4 Å². The molecule has 0 spiro atoms. The minimum absolute atomic E-state index is 0.108. The molecule has 27 heavy (non-hydrogen) atoms. The molecule has 1 heterocycles. The fourth-order valence-electron chi connectivity index (χ4n) is 2.96. The zero-order valence-corrected chi connectivity index (χ0v) is 16.3. The highest BCUT2D eigenvalue weighted by atomic mass is 32.2.